The van der Waals surface area contributed by atoms with Crippen LogP contribution in [0.5, 0.6) is 0 Å². The van der Waals surface area contributed by atoms with E-state index in [2.05, 4.69) is 10.3 Å². The highest BCUT2D eigenvalue weighted by Gasteiger charge is 2.42. The number of nitrogens with zero attached hydrogens (tertiary/aromatic N) is 3. The molecule has 2 N–H and O–H groups in total. The Kier molecular flexibility index (Phi) is 5.59. The van der Waals surface area contributed by atoms with Gasteiger partial charge in [0.15, 0.2) is 5.11 Å². The fraction of sp³-hybridized carbons (Fsp3) is 0.115. The van der Waals surface area contributed by atoms with Gasteiger partial charge in [-0.15, -0.1) is 0 Å². The molecule has 1 aliphatic rings. The van der Waals surface area contributed by atoms with Crippen molar-refractivity contribution in [3.8, 4) is 5.69 Å². The molecule has 5 rings (SSSR count). The summed E-state index contributed by atoms with van der Waals surface area (Å²) in [6.45, 7) is 1.73. The van der Waals surface area contributed by atoms with Gasteiger partial charge < -0.3 is 19.9 Å². The van der Waals surface area contributed by atoms with Crippen molar-refractivity contribution in [2.24, 2.45) is 0 Å². The summed E-state index contributed by atoms with van der Waals surface area (Å²) < 4.78 is 16.1. The van der Waals surface area contributed by atoms with E-state index in [1.54, 1.807) is 49.5 Å². The summed E-state index contributed by atoms with van der Waals surface area (Å²) in [7, 11) is 0. The predicted molar refractivity (Wildman–Crippen MR) is 132 cm³/mol. The minimum absolute atomic E-state index is 0.218. The number of aromatic nitrogens is 2. The fourth-order valence-electron chi connectivity index (χ4n) is 4.35. The second-order valence-electron chi connectivity index (χ2n) is 8.09. The van der Waals surface area contributed by atoms with E-state index in [1.165, 1.54) is 6.07 Å². The summed E-state index contributed by atoms with van der Waals surface area (Å²) in [6, 6.07) is 20.8. The maximum atomic E-state index is 14.0. The predicted octanol–water partition coefficient (Wildman–Crippen LogP) is 5.20. The molecule has 1 fully saturated rings. The number of carbonyl (C=O) groups is 1. The van der Waals surface area contributed by atoms with Gasteiger partial charge in [0.25, 0.3) is 0 Å². The highest BCUT2D eigenvalue weighted by molar-refractivity contribution is 7.80. The number of hydrogen-bond acceptors (Lipinski definition) is 3. The van der Waals surface area contributed by atoms with Crippen molar-refractivity contribution in [2.45, 2.75) is 19.0 Å². The molecule has 1 saturated heterocycles. The molecule has 0 radical (unpaired) electrons. The van der Waals surface area contributed by atoms with E-state index in [0.29, 0.717) is 10.7 Å². The van der Waals surface area contributed by atoms with E-state index in [4.69, 9.17) is 12.2 Å². The molecule has 0 bridgehead atoms. The number of thiocarbonyl (C=S) groups is 1. The lowest BCUT2D eigenvalue weighted by atomic mass is 10.0. The first kappa shape index (κ1) is 21.8. The fourth-order valence-corrected chi connectivity index (χ4v) is 4.69. The number of hydrogen-bond donors (Lipinski definition) is 2. The molecule has 1 aliphatic heterocycles. The number of aryl methyl sites for hydroxylation is 1. The minimum Gasteiger partial charge on any atom is -0.478 e. The molecule has 2 aromatic carbocycles. The Bertz CT molecular complexity index is 1370. The molecule has 0 amide bonds. The molecule has 0 aliphatic carbocycles. The second-order valence-corrected chi connectivity index (χ2v) is 8.47. The van der Waals surface area contributed by atoms with E-state index in [-0.39, 0.29) is 23.5 Å². The van der Waals surface area contributed by atoms with Crippen molar-refractivity contribution in [3.63, 3.8) is 0 Å². The summed E-state index contributed by atoms with van der Waals surface area (Å²) in [6.07, 6.45) is 3.67. The van der Waals surface area contributed by atoms with E-state index >= 15 is 0 Å². The molecule has 2 atom stereocenters. The number of anilines is 1. The largest absolute Gasteiger partial charge is 0.478 e. The molecule has 8 heteroatoms. The summed E-state index contributed by atoms with van der Waals surface area (Å²) in [5.74, 6) is -1.25. The van der Waals surface area contributed by atoms with Crippen LogP contribution in [0.15, 0.2) is 85.2 Å². The Hall–Kier alpha value is -4.04. The third-order valence-corrected chi connectivity index (χ3v) is 6.31. The van der Waals surface area contributed by atoms with Gasteiger partial charge in [-0.25, -0.2) is 9.18 Å². The van der Waals surface area contributed by atoms with Crippen molar-refractivity contribution in [1.29, 1.82) is 0 Å². The zero-order chi connectivity index (χ0) is 23.8. The van der Waals surface area contributed by atoms with Crippen LogP contribution in [0.3, 0.4) is 0 Å². The van der Waals surface area contributed by atoms with E-state index in [1.807, 2.05) is 46.0 Å². The van der Waals surface area contributed by atoms with E-state index in [0.717, 1.165) is 22.8 Å². The molecule has 170 valence electrons. The third kappa shape index (κ3) is 3.82. The van der Waals surface area contributed by atoms with Crippen LogP contribution in [-0.4, -0.2) is 25.7 Å². The van der Waals surface area contributed by atoms with Gasteiger partial charge in [0.2, 0.25) is 0 Å². The Morgan fingerprint density at radius 3 is 2.50 bits per heavy atom. The molecule has 6 nitrogen and oxygen atoms in total. The maximum Gasteiger partial charge on any atom is 0.335 e. The zero-order valence-corrected chi connectivity index (χ0v) is 19.0. The standard InChI is InChI=1S/C26H21FN4O2S/c1-16-15-19(11-12-20(16)27)31-24(23(29-26(31)34)21-5-2-3-13-28-21)22-6-4-14-30(22)18-9-7-17(8-10-18)25(32)33/h2-15,23-24H,1H3,(H,29,34)(H,32,33)/t23-,24+/m0/s1. The average Bonchev–Trinajstić information content (AvgIpc) is 3.46. The van der Waals surface area contributed by atoms with Crippen LogP contribution in [-0.2, 0) is 0 Å². The van der Waals surface area contributed by atoms with Crippen molar-refractivity contribution in [1.82, 2.24) is 14.9 Å². The average molecular weight is 473 g/mol. The van der Waals surface area contributed by atoms with Crippen molar-refractivity contribution in [3.05, 3.63) is 114 Å². The number of aromatic carboxylic acids is 1. The Balaban J connectivity index is 1.65. The Morgan fingerprint density at radius 2 is 1.82 bits per heavy atom. The first-order valence-corrected chi connectivity index (χ1v) is 11.1. The van der Waals surface area contributed by atoms with Crippen LogP contribution in [0.2, 0.25) is 0 Å². The number of pyridine rings is 1. The summed E-state index contributed by atoms with van der Waals surface area (Å²) in [4.78, 5) is 17.8. The monoisotopic (exact) mass is 472 g/mol. The van der Waals surface area contributed by atoms with Crippen molar-refractivity contribution in [2.75, 3.05) is 4.90 Å². The quantitative estimate of drug-likeness (QED) is 0.390. The van der Waals surface area contributed by atoms with E-state index in [9.17, 15) is 14.3 Å². The molecule has 0 saturated carbocycles. The van der Waals surface area contributed by atoms with Crippen molar-refractivity contribution >= 4 is 29.0 Å². The Labute approximate surface area is 201 Å². The number of nitrogens with one attached hydrogen (secondary N) is 1. The number of carboxylic acids is 1. The van der Waals surface area contributed by atoms with Gasteiger partial charge in [-0.2, -0.15) is 0 Å². The third-order valence-electron chi connectivity index (χ3n) is 5.99. The lowest BCUT2D eigenvalue weighted by molar-refractivity contribution is 0.0697. The molecular weight excluding hydrogens is 451 g/mol. The van der Waals surface area contributed by atoms with Crippen molar-refractivity contribution < 1.29 is 14.3 Å². The van der Waals surface area contributed by atoms with Gasteiger partial charge in [0, 0.05) is 29.5 Å². The molecule has 0 unspecified atom stereocenters. The van der Waals surface area contributed by atoms with Crippen LogP contribution >= 0.6 is 12.2 Å². The minimum atomic E-state index is -0.974. The first-order chi connectivity index (χ1) is 16.4. The first-order valence-electron chi connectivity index (χ1n) is 10.7. The lowest BCUT2D eigenvalue weighted by Crippen LogP contribution is -2.30. The highest BCUT2D eigenvalue weighted by atomic mass is 32.1. The molecule has 4 aromatic rings. The summed E-state index contributed by atoms with van der Waals surface area (Å²) >= 11 is 5.75. The van der Waals surface area contributed by atoms with Gasteiger partial charge in [0.1, 0.15) is 11.9 Å². The van der Waals surface area contributed by atoms with Gasteiger partial charge in [-0.3, -0.25) is 4.98 Å². The molecular formula is C26H21FN4O2S. The van der Waals surface area contributed by atoms with Crippen LogP contribution in [0.1, 0.15) is 39.4 Å². The normalized spacial score (nSPS) is 17.6. The second kappa shape index (κ2) is 8.72. The van der Waals surface area contributed by atoms with Crippen LogP contribution < -0.4 is 10.2 Å². The van der Waals surface area contributed by atoms with Gasteiger partial charge in [-0.1, -0.05) is 6.07 Å². The van der Waals surface area contributed by atoms with Crippen LogP contribution in [0.25, 0.3) is 5.69 Å². The lowest BCUT2D eigenvalue weighted by Gasteiger charge is -2.29. The molecule has 3 heterocycles. The van der Waals surface area contributed by atoms with E-state index < -0.39 is 5.97 Å². The summed E-state index contributed by atoms with van der Waals surface area (Å²) in [5, 5.41) is 13.2. The number of halogens is 1. The molecule has 34 heavy (non-hydrogen) atoms. The Morgan fingerprint density at radius 1 is 1.06 bits per heavy atom. The van der Waals surface area contributed by atoms with Crippen LogP contribution in [0.4, 0.5) is 10.1 Å². The smallest absolute Gasteiger partial charge is 0.335 e. The summed E-state index contributed by atoms with van der Waals surface area (Å²) in [5.41, 5.74) is 4.08. The van der Waals surface area contributed by atoms with Gasteiger partial charge in [-0.05, 0) is 91.4 Å². The maximum absolute atomic E-state index is 14.0. The topological polar surface area (TPSA) is 70.4 Å². The number of carboxylic acid groups (broad SMARTS) is 1. The number of benzene rings is 2. The molecule has 2 aromatic heterocycles. The zero-order valence-electron chi connectivity index (χ0n) is 18.2. The number of rotatable bonds is 5. The van der Waals surface area contributed by atoms with Gasteiger partial charge in [0.05, 0.1) is 17.3 Å². The van der Waals surface area contributed by atoms with Gasteiger partial charge >= 0.3 is 5.97 Å². The highest BCUT2D eigenvalue weighted by Crippen LogP contribution is 2.42. The molecule has 0 spiro atoms. The van der Waals surface area contributed by atoms with Crippen LogP contribution in [0, 0.1) is 12.7 Å². The SMILES string of the molecule is Cc1cc(N2C(=S)N[C@@H](c3ccccn3)[C@H]2c2cccn2-c2ccc(C(=O)O)cc2)ccc1F.